The topological polar surface area (TPSA) is 69.7 Å². The SMILES string of the molecule is CN1CCN(S(=O)(=O)c2ccc(Cl)c(C(=O)N[C@@H]3CCCc4ccccc43)c2)CC1. The van der Waals surface area contributed by atoms with Crippen molar-refractivity contribution in [3.63, 3.8) is 0 Å². The van der Waals surface area contributed by atoms with Crippen LogP contribution in [0.4, 0.5) is 0 Å². The molecule has 1 saturated heterocycles. The molecule has 1 fully saturated rings. The minimum Gasteiger partial charge on any atom is -0.345 e. The summed E-state index contributed by atoms with van der Waals surface area (Å²) in [5.74, 6) is -0.350. The molecule has 0 radical (unpaired) electrons. The number of hydrogen-bond donors (Lipinski definition) is 1. The van der Waals surface area contributed by atoms with E-state index in [2.05, 4.69) is 16.3 Å². The summed E-state index contributed by atoms with van der Waals surface area (Å²) in [6.07, 6.45) is 2.84. The van der Waals surface area contributed by atoms with E-state index in [-0.39, 0.29) is 27.4 Å². The number of amides is 1. The lowest BCUT2D eigenvalue weighted by atomic mass is 9.87. The smallest absolute Gasteiger partial charge is 0.253 e. The van der Waals surface area contributed by atoms with Crippen molar-refractivity contribution >= 4 is 27.5 Å². The predicted molar refractivity (Wildman–Crippen MR) is 117 cm³/mol. The summed E-state index contributed by atoms with van der Waals surface area (Å²) < 4.78 is 27.6. The molecule has 0 spiro atoms. The zero-order chi connectivity index (χ0) is 21.3. The molecular formula is C22H26ClN3O3S. The molecule has 1 N–H and O–H groups in total. The fourth-order valence-corrected chi connectivity index (χ4v) is 5.81. The zero-order valence-corrected chi connectivity index (χ0v) is 18.5. The number of fused-ring (bicyclic) bond motifs is 1. The number of rotatable bonds is 4. The Balaban J connectivity index is 1.57. The molecule has 6 nitrogen and oxygen atoms in total. The van der Waals surface area contributed by atoms with Crippen molar-refractivity contribution in [2.75, 3.05) is 33.2 Å². The lowest BCUT2D eigenvalue weighted by Gasteiger charge is -2.31. The Labute approximate surface area is 182 Å². The molecule has 1 atom stereocenters. The van der Waals surface area contributed by atoms with Crippen LogP contribution in [-0.4, -0.2) is 56.8 Å². The maximum Gasteiger partial charge on any atom is 0.253 e. The van der Waals surface area contributed by atoms with Crippen LogP contribution in [0.5, 0.6) is 0 Å². The Morgan fingerprint density at radius 1 is 1.10 bits per heavy atom. The van der Waals surface area contributed by atoms with E-state index in [1.165, 1.54) is 28.1 Å². The van der Waals surface area contributed by atoms with Gasteiger partial charge in [0.2, 0.25) is 10.0 Å². The van der Waals surface area contributed by atoms with E-state index in [4.69, 9.17) is 11.6 Å². The molecule has 0 aromatic heterocycles. The molecule has 2 aromatic carbocycles. The molecule has 30 heavy (non-hydrogen) atoms. The minimum absolute atomic E-state index is 0.101. The molecule has 2 aliphatic rings. The number of hydrogen-bond acceptors (Lipinski definition) is 4. The summed E-state index contributed by atoms with van der Waals surface area (Å²) in [5, 5.41) is 3.30. The first-order valence-electron chi connectivity index (χ1n) is 10.2. The van der Waals surface area contributed by atoms with Gasteiger partial charge in [0.05, 0.1) is 21.5 Å². The van der Waals surface area contributed by atoms with Crippen LogP contribution in [0.15, 0.2) is 47.4 Å². The second-order valence-corrected chi connectivity index (χ2v) is 10.3. The number of likely N-dealkylation sites (N-methyl/N-ethyl adjacent to an activating group) is 1. The zero-order valence-electron chi connectivity index (χ0n) is 17.0. The first kappa shape index (κ1) is 21.3. The van der Waals surface area contributed by atoms with Crippen LogP contribution in [-0.2, 0) is 16.4 Å². The van der Waals surface area contributed by atoms with E-state index in [0.29, 0.717) is 26.2 Å². The highest BCUT2D eigenvalue weighted by molar-refractivity contribution is 7.89. The number of piperazine rings is 1. The number of nitrogens with one attached hydrogen (secondary N) is 1. The van der Waals surface area contributed by atoms with E-state index in [0.717, 1.165) is 24.8 Å². The van der Waals surface area contributed by atoms with Crippen molar-refractivity contribution in [3.05, 3.63) is 64.2 Å². The third-order valence-electron chi connectivity index (χ3n) is 5.96. The lowest BCUT2D eigenvalue weighted by molar-refractivity contribution is 0.0932. The average Bonchev–Trinajstić information content (AvgIpc) is 2.74. The second kappa shape index (κ2) is 8.67. The van der Waals surface area contributed by atoms with Gasteiger partial charge < -0.3 is 10.2 Å². The second-order valence-electron chi connectivity index (χ2n) is 7.97. The molecule has 0 saturated carbocycles. The molecule has 1 heterocycles. The van der Waals surface area contributed by atoms with Crippen LogP contribution in [0.1, 0.15) is 40.4 Å². The summed E-state index contributed by atoms with van der Waals surface area (Å²) in [6.45, 7) is 2.23. The number of benzene rings is 2. The maximum absolute atomic E-state index is 13.1. The Hall–Kier alpha value is -1.93. The van der Waals surface area contributed by atoms with Crippen molar-refractivity contribution in [2.24, 2.45) is 0 Å². The Morgan fingerprint density at radius 3 is 2.60 bits per heavy atom. The number of nitrogens with zero attached hydrogens (tertiary/aromatic N) is 2. The molecule has 160 valence electrons. The van der Waals surface area contributed by atoms with Gasteiger partial charge in [-0.3, -0.25) is 4.79 Å². The van der Waals surface area contributed by atoms with Crippen LogP contribution in [0.25, 0.3) is 0 Å². The van der Waals surface area contributed by atoms with Crippen molar-refractivity contribution in [1.29, 1.82) is 0 Å². The van der Waals surface area contributed by atoms with Gasteiger partial charge in [-0.25, -0.2) is 8.42 Å². The molecule has 0 unspecified atom stereocenters. The molecule has 0 bridgehead atoms. The van der Waals surface area contributed by atoms with Gasteiger partial charge in [0.25, 0.3) is 5.91 Å². The van der Waals surface area contributed by atoms with Crippen molar-refractivity contribution in [1.82, 2.24) is 14.5 Å². The molecule has 1 aliphatic heterocycles. The molecule has 4 rings (SSSR count). The van der Waals surface area contributed by atoms with Gasteiger partial charge in [0.1, 0.15) is 0 Å². The maximum atomic E-state index is 13.1. The highest BCUT2D eigenvalue weighted by Gasteiger charge is 2.29. The minimum atomic E-state index is -3.67. The summed E-state index contributed by atoms with van der Waals surface area (Å²) in [5.41, 5.74) is 2.55. The van der Waals surface area contributed by atoms with Gasteiger partial charge in [-0.15, -0.1) is 0 Å². The summed E-state index contributed by atoms with van der Waals surface area (Å²) >= 11 is 6.29. The summed E-state index contributed by atoms with van der Waals surface area (Å²) in [6, 6.07) is 12.4. The molecule has 2 aromatic rings. The number of carbonyl (C=O) groups excluding carboxylic acids is 1. The molecule has 1 aliphatic carbocycles. The Morgan fingerprint density at radius 2 is 1.83 bits per heavy atom. The van der Waals surface area contributed by atoms with Gasteiger partial charge in [0, 0.05) is 26.2 Å². The van der Waals surface area contributed by atoms with E-state index < -0.39 is 10.0 Å². The number of halogens is 1. The van der Waals surface area contributed by atoms with Crippen molar-refractivity contribution in [3.8, 4) is 0 Å². The van der Waals surface area contributed by atoms with E-state index >= 15 is 0 Å². The molecule has 1 amide bonds. The highest BCUT2D eigenvalue weighted by Crippen LogP contribution is 2.30. The number of carbonyl (C=O) groups is 1. The Kier molecular flexibility index (Phi) is 6.16. The third-order valence-corrected chi connectivity index (χ3v) is 8.18. The summed E-state index contributed by atoms with van der Waals surface area (Å²) in [4.78, 5) is 15.2. The van der Waals surface area contributed by atoms with Crippen molar-refractivity contribution < 1.29 is 13.2 Å². The monoisotopic (exact) mass is 447 g/mol. The van der Waals surface area contributed by atoms with Gasteiger partial charge in [-0.05, 0) is 55.6 Å². The lowest BCUT2D eigenvalue weighted by Crippen LogP contribution is -2.47. The van der Waals surface area contributed by atoms with E-state index in [1.54, 1.807) is 0 Å². The Bertz CT molecular complexity index is 1050. The highest BCUT2D eigenvalue weighted by atomic mass is 35.5. The van der Waals surface area contributed by atoms with Crippen LogP contribution < -0.4 is 5.32 Å². The van der Waals surface area contributed by atoms with E-state index in [9.17, 15) is 13.2 Å². The van der Waals surface area contributed by atoms with Crippen LogP contribution in [0.2, 0.25) is 5.02 Å². The van der Waals surface area contributed by atoms with Gasteiger partial charge >= 0.3 is 0 Å². The first-order chi connectivity index (χ1) is 14.4. The van der Waals surface area contributed by atoms with Gasteiger partial charge in [-0.2, -0.15) is 4.31 Å². The summed E-state index contributed by atoms with van der Waals surface area (Å²) in [7, 11) is -1.70. The van der Waals surface area contributed by atoms with Gasteiger partial charge in [-0.1, -0.05) is 35.9 Å². The third kappa shape index (κ3) is 4.25. The van der Waals surface area contributed by atoms with Crippen LogP contribution >= 0.6 is 11.6 Å². The fourth-order valence-electron chi connectivity index (χ4n) is 4.16. The first-order valence-corrected chi connectivity index (χ1v) is 12.0. The van der Waals surface area contributed by atoms with Crippen molar-refractivity contribution in [2.45, 2.75) is 30.2 Å². The predicted octanol–water partition coefficient (Wildman–Crippen LogP) is 3.08. The van der Waals surface area contributed by atoms with Crippen LogP contribution in [0, 0.1) is 0 Å². The standard InChI is InChI=1S/C22H26ClN3O3S/c1-25-11-13-26(14-12-25)30(28,29)17-9-10-20(23)19(15-17)22(27)24-21-8-4-6-16-5-2-3-7-18(16)21/h2-3,5,7,9-10,15,21H,4,6,8,11-14H2,1H3,(H,24,27)/t21-/m1/s1. The van der Waals surface area contributed by atoms with E-state index in [1.807, 2.05) is 25.2 Å². The van der Waals surface area contributed by atoms with Gasteiger partial charge in [0.15, 0.2) is 0 Å². The fraction of sp³-hybridized carbons (Fsp3) is 0.409. The average molecular weight is 448 g/mol. The molecule has 8 heteroatoms. The molecular weight excluding hydrogens is 422 g/mol. The largest absolute Gasteiger partial charge is 0.345 e. The van der Waals surface area contributed by atoms with Crippen LogP contribution in [0.3, 0.4) is 0 Å². The quantitative estimate of drug-likeness (QED) is 0.781. The normalized spacial score (nSPS) is 20.5. The number of sulfonamides is 1. The number of aryl methyl sites for hydroxylation is 1.